The third kappa shape index (κ3) is 4.65. The maximum Gasteiger partial charge on any atom is 0.222 e. The third-order valence-electron chi connectivity index (χ3n) is 4.36. The van der Waals surface area contributed by atoms with Gasteiger partial charge in [0.05, 0.1) is 30.0 Å². The average Bonchev–Trinajstić information content (AvgIpc) is 2.96. The number of imidazole rings is 1. The van der Waals surface area contributed by atoms with E-state index in [4.69, 9.17) is 11.6 Å². The van der Waals surface area contributed by atoms with Crippen molar-refractivity contribution in [3.05, 3.63) is 64.9 Å². The van der Waals surface area contributed by atoms with Gasteiger partial charge in [0.15, 0.2) is 0 Å². The third-order valence-corrected chi connectivity index (χ3v) is 4.61. The first-order valence-corrected chi connectivity index (χ1v) is 9.01. The fourth-order valence-corrected chi connectivity index (χ4v) is 3.11. The van der Waals surface area contributed by atoms with Crippen LogP contribution in [0, 0.1) is 0 Å². The summed E-state index contributed by atoms with van der Waals surface area (Å²) in [6.45, 7) is 1.75. The summed E-state index contributed by atoms with van der Waals surface area (Å²) >= 11 is 5.92. The Bertz CT molecular complexity index is 966. The standard InChI is InChI=1S/C20H21ClN4O2/c1-13(26)23-17(14-7-9-15(21)10-8-14)11-20(27)22-12-19-24-16-5-3-4-6-18(16)25(19)2/h3-10,17H,11-12H2,1-2H3,(H,22,27)(H,23,26). The van der Waals surface area contributed by atoms with E-state index in [0.29, 0.717) is 11.6 Å². The lowest BCUT2D eigenvalue weighted by atomic mass is 10.0. The molecule has 2 aromatic carbocycles. The summed E-state index contributed by atoms with van der Waals surface area (Å²) in [6, 6.07) is 14.5. The Balaban J connectivity index is 1.67. The Kier molecular flexibility index (Phi) is 5.76. The van der Waals surface area contributed by atoms with Gasteiger partial charge in [-0.15, -0.1) is 0 Å². The molecule has 0 fully saturated rings. The number of halogens is 1. The summed E-state index contributed by atoms with van der Waals surface area (Å²) in [6.07, 6.45) is 0.130. The number of fused-ring (bicyclic) bond motifs is 1. The topological polar surface area (TPSA) is 76.0 Å². The molecule has 0 bridgehead atoms. The van der Waals surface area contributed by atoms with Crippen LogP contribution in [-0.4, -0.2) is 21.4 Å². The van der Waals surface area contributed by atoms with Crippen molar-refractivity contribution >= 4 is 34.4 Å². The molecule has 1 unspecified atom stereocenters. The molecule has 6 nitrogen and oxygen atoms in total. The van der Waals surface area contributed by atoms with Gasteiger partial charge in [-0.3, -0.25) is 9.59 Å². The molecule has 0 aliphatic heterocycles. The summed E-state index contributed by atoms with van der Waals surface area (Å²) < 4.78 is 1.96. The number of aromatic nitrogens is 2. The molecule has 0 radical (unpaired) electrons. The quantitative estimate of drug-likeness (QED) is 0.685. The van der Waals surface area contributed by atoms with E-state index in [9.17, 15) is 9.59 Å². The molecule has 3 rings (SSSR count). The van der Waals surface area contributed by atoms with E-state index in [1.807, 2.05) is 48.0 Å². The minimum Gasteiger partial charge on any atom is -0.349 e. The van der Waals surface area contributed by atoms with Gasteiger partial charge in [-0.25, -0.2) is 4.98 Å². The van der Waals surface area contributed by atoms with Gasteiger partial charge in [0.1, 0.15) is 5.82 Å². The molecule has 0 aliphatic carbocycles. The van der Waals surface area contributed by atoms with Crippen LogP contribution in [0.1, 0.15) is 30.8 Å². The minimum absolute atomic E-state index is 0.130. The molecule has 1 atom stereocenters. The van der Waals surface area contributed by atoms with Crippen LogP contribution in [0.2, 0.25) is 5.02 Å². The van der Waals surface area contributed by atoms with Crippen molar-refractivity contribution in [3.8, 4) is 0 Å². The molecule has 0 spiro atoms. The number of rotatable bonds is 6. The van der Waals surface area contributed by atoms with E-state index < -0.39 is 6.04 Å². The summed E-state index contributed by atoms with van der Waals surface area (Å²) in [5.41, 5.74) is 2.73. The maximum atomic E-state index is 12.4. The molecular formula is C20H21ClN4O2. The van der Waals surface area contributed by atoms with E-state index in [0.717, 1.165) is 22.4 Å². The van der Waals surface area contributed by atoms with Crippen LogP contribution in [0.3, 0.4) is 0 Å². The summed E-state index contributed by atoms with van der Waals surface area (Å²) in [7, 11) is 1.92. The van der Waals surface area contributed by atoms with Crippen LogP contribution in [0.4, 0.5) is 0 Å². The number of carbonyl (C=O) groups excluding carboxylic acids is 2. The van der Waals surface area contributed by atoms with Gasteiger partial charge in [-0.1, -0.05) is 35.9 Å². The average molecular weight is 385 g/mol. The van der Waals surface area contributed by atoms with Gasteiger partial charge < -0.3 is 15.2 Å². The highest BCUT2D eigenvalue weighted by molar-refractivity contribution is 6.30. The summed E-state index contributed by atoms with van der Waals surface area (Å²) in [5.74, 6) is 0.404. The highest BCUT2D eigenvalue weighted by atomic mass is 35.5. The number of amides is 2. The molecule has 2 N–H and O–H groups in total. The molecule has 0 aliphatic rings. The van der Waals surface area contributed by atoms with Crippen molar-refractivity contribution in [1.29, 1.82) is 0 Å². The number of nitrogens with zero attached hydrogens (tertiary/aromatic N) is 2. The summed E-state index contributed by atoms with van der Waals surface area (Å²) in [5, 5.41) is 6.30. The second-order valence-electron chi connectivity index (χ2n) is 6.36. The lowest BCUT2D eigenvalue weighted by Gasteiger charge is -2.18. The van der Waals surface area contributed by atoms with Gasteiger partial charge in [0, 0.05) is 19.0 Å². The minimum atomic E-state index is -0.416. The van der Waals surface area contributed by atoms with Crippen LogP contribution < -0.4 is 10.6 Å². The highest BCUT2D eigenvalue weighted by Crippen LogP contribution is 2.20. The number of nitrogens with one attached hydrogen (secondary N) is 2. The van der Waals surface area contributed by atoms with Crippen molar-refractivity contribution in [3.63, 3.8) is 0 Å². The fourth-order valence-electron chi connectivity index (χ4n) is 2.98. The van der Waals surface area contributed by atoms with Crippen LogP contribution in [0.5, 0.6) is 0 Å². The van der Waals surface area contributed by atoms with Gasteiger partial charge in [-0.2, -0.15) is 0 Å². The zero-order chi connectivity index (χ0) is 19.4. The zero-order valence-electron chi connectivity index (χ0n) is 15.2. The number of para-hydroxylation sites is 2. The van der Waals surface area contributed by atoms with Crippen LogP contribution in [0.25, 0.3) is 11.0 Å². The van der Waals surface area contributed by atoms with Crippen LogP contribution in [0.15, 0.2) is 48.5 Å². The molecule has 0 saturated heterocycles. The van der Waals surface area contributed by atoms with Crippen molar-refractivity contribution in [2.45, 2.75) is 25.9 Å². The van der Waals surface area contributed by atoms with Crippen molar-refractivity contribution in [2.75, 3.05) is 0 Å². The van der Waals surface area contributed by atoms with Gasteiger partial charge >= 0.3 is 0 Å². The van der Waals surface area contributed by atoms with Crippen molar-refractivity contribution in [2.24, 2.45) is 7.05 Å². The Hall–Kier alpha value is -2.86. The largest absolute Gasteiger partial charge is 0.349 e. The normalized spacial score (nSPS) is 12.0. The monoisotopic (exact) mass is 384 g/mol. The van der Waals surface area contributed by atoms with Crippen molar-refractivity contribution < 1.29 is 9.59 Å². The Labute approximate surface area is 162 Å². The van der Waals surface area contributed by atoms with E-state index in [1.54, 1.807) is 12.1 Å². The number of aryl methyl sites for hydroxylation is 1. The van der Waals surface area contributed by atoms with Gasteiger partial charge in [-0.05, 0) is 29.8 Å². The molecule has 7 heteroatoms. The summed E-state index contributed by atoms with van der Waals surface area (Å²) in [4.78, 5) is 28.5. The van der Waals surface area contributed by atoms with E-state index >= 15 is 0 Å². The first kappa shape index (κ1) is 18.9. The lowest BCUT2D eigenvalue weighted by molar-refractivity contribution is -0.123. The lowest BCUT2D eigenvalue weighted by Crippen LogP contribution is -2.32. The van der Waals surface area contributed by atoms with E-state index in [2.05, 4.69) is 15.6 Å². The van der Waals surface area contributed by atoms with Gasteiger partial charge in [0.25, 0.3) is 0 Å². The second-order valence-corrected chi connectivity index (χ2v) is 6.80. The molecule has 2 amide bonds. The van der Waals surface area contributed by atoms with Crippen LogP contribution >= 0.6 is 11.6 Å². The smallest absolute Gasteiger partial charge is 0.222 e. The Morgan fingerprint density at radius 2 is 1.85 bits per heavy atom. The second kappa shape index (κ2) is 8.22. The molecule has 1 aromatic heterocycles. The SMILES string of the molecule is CC(=O)NC(CC(=O)NCc1nc2ccccc2n1C)c1ccc(Cl)cc1. The molecule has 27 heavy (non-hydrogen) atoms. The molecule has 3 aromatic rings. The number of carbonyl (C=O) groups is 2. The predicted molar refractivity (Wildman–Crippen MR) is 105 cm³/mol. The maximum absolute atomic E-state index is 12.4. The highest BCUT2D eigenvalue weighted by Gasteiger charge is 2.17. The molecular weight excluding hydrogens is 364 g/mol. The number of hydrogen-bond donors (Lipinski definition) is 2. The Morgan fingerprint density at radius 1 is 1.15 bits per heavy atom. The fraction of sp³-hybridized carbons (Fsp3) is 0.250. The van der Waals surface area contributed by atoms with Crippen molar-refractivity contribution in [1.82, 2.24) is 20.2 Å². The number of hydrogen-bond acceptors (Lipinski definition) is 3. The first-order chi connectivity index (χ1) is 12.9. The predicted octanol–water partition coefficient (Wildman–Crippen LogP) is 3.11. The van der Waals surface area contributed by atoms with Gasteiger partial charge in [0.2, 0.25) is 11.8 Å². The molecule has 140 valence electrons. The zero-order valence-corrected chi connectivity index (χ0v) is 16.0. The molecule has 0 saturated carbocycles. The first-order valence-electron chi connectivity index (χ1n) is 8.63. The number of benzene rings is 2. The molecule has 1 heterocycles. The van der Waals surface area contributed by atoms with E-state index in [1.165, 1.54) is 6.92 Å². The van der Waals surface area contributed by atoms with Crippen LogP contribution in [-0.2, 0) is 23.2 Å². The Morgan fingerprint density at radius 3 is 2.52 bits per heavy atom. The van der Waals surface area contributed by atoms with E-state index in [-0.39, 0.29) is 18.2 Å².